The smallest absolute Gasteiger partial charge is 0.227 e. The predicted molar refractivity (Wildman–Crippen MR) is 84.8 cm³/mol. The summed E-state index contributed by atoms with van der Waals surface area (Å²) in [4.78, 5) is 19.1. The fourth-order valence-corrected chi connectivity index (χ4v) is 4.24. The molecular formula is C17H23N3O2. The Morgan fingerprint density at radius 2 is 2.09 bits per heavy atom. The van der Waals surface area contributed by atoms with E-state index in [1.165, 1.54) is 19.3 Å². The third kappa shape index (κ3) is 2.70. The van der Waals surface area contributed by atoms with Crippen LogP contribution in [0, 0.1) is 17.8 Å². The third-order valence-electron chi connectivity index (χ3n) is 5.43. The van der Waals surface area contributed by atoms with Gasteiger partial charge in [-0.1, -0.05) is 6.42 Å². The Labute approximate surface area is 131 Å². The SMILES string of the molecule is O=C(Nc1ccc(N2CCOCC2)nc1)[C@H]1C[C@H]2CC[C@H]1C2. The van der Waals surface area contributed by atoms with Crippen LogP contribution in [0.1, 0.15) is 25.7 Å². The molecule has 2 bridgehead atoms. The molecule has 118 valence electrons. The molecule has 22 heavy (non-hydrogen) atoms. The van der Waals surface area contributed by atoms with Gasteiger partial charge in [-0.05, 0) is 43.2 Å². The van der Waals surface area contributed by atoms with Crippen molar-refractivity contribution >= 4 is 17.4 Å². The number of amides is 1. The van der Waals surface area contributed by atoms with E-state index in [-0.39, 0.29) is 11.8 Å². The maximum atomic E-state index is 12.4. The van der Waals surface area contributed by atoms with Crippen LogP contribution in [0.2, 0.25) is 0 Å². The summed E-state index contributed by atoms with van der Waals surface area (Å²) in [5, 5.41) is 3.05. The molecular weight excluding hydrogens is 278 g/mol. The number of aromatic nitrogens is 1. The minimum atomic E-state index is 0.188. The van der Waals surface area contributed by atoms with Crippen LogP contribution in [0.4, 0.5) is 11.5 Å². The van der Waals surface area contributed by atoms with E-state index in [0.717, 1.165) is 50.1 Å². The van der Waals surface area contributed by atoms with Crippen LogP contribution in [0.25, 0.3) is 0 Å². The quantitative estimate of drug-likeness (QED) is 0.930. The number of rotatable bonds is 3. The van der Waals surface area contributed by atoms with Crippen molar-refractivity contribution in [3.05, 3.63) is 18.3 Å². The second-order valence-electron chi connectivity index (χ2n) is 6.78. The van der Waals surface area contributed by atoms with Crippen molar-refractivity contribution in [1.29, 1.82) is 0 Å². The zero-order chi connectivity index (χ0) is 14.9. The number of pyridine rings is 1. The molecule has 1 aromatic heterocycles. The summed E-state index contributed by atoms with van der Waals surface area (Å²) in [7, 11) is 0. The van der Waals surface area contributed by atoms with Crippen LogP contribution in [-0.4, -0.2) is 37.2 Å². The fourth-order valence-electron chi connectivity index (χ4n) is 4.24. The van der Waals surface area contributed by atoms with Crippen LogP contribution < -0.4 is 10.2 Å². The topological polar surface area (TPSA) is 54.5 Å². The van der Waals surface area contributed by atoms with Crippen molar-refractivity contribution in [2.24, 2.45) is 17.8 Å². The molecule has 3 atom stereocenters. The third-order valence-corrected chi connectivity index (χ3v) is 5.43. The van der Waals surface area contributed by atoms with Gasteiger partial charge in [-0.3, -0.25) is 4.79 Å². The number of nitrogens with zero attached hydrogens (tertiary/aromatic N) is 2. The minimum Gasteiger partial charge on any atom is -0.378 e. The first-order valence-corrected chi connectivity index (χ1v) is 8.39. The lowest BCUT2D eigenvalue weighted by molar-refractivity contribution is -0.121. The van der Waals surface area contributed by atoms with Gasteiger partial charge in [0, 0.05) is 19.0 Å². The molecule has 3 aliphatic rings. The van der Waals surface area contributed by atoms with E-state index in [4.69, 9.17) is 4.74 Å². The van der Waals surface area contributed by atoms with Gasteiger partial charge in [0.2, 0.25) is 5.91 Å². The number of carbonyl (C=O) groups is 1. The summed E-state index contributed by atoms with van der Waals surface area (Å²) in [6, 6.07) is 3.95. The van der Waals surface area contributed by atoms with E-state index in [9.17, 15) is 4.79 Å². The molecule has 1 aliphatic heterocycles. The van der Waals surface area contributed by atoms with E-state index < -0.39 is 0 Å². The Hall–Kier alpha value is -1.62. The molecule has 0 spiro atoms. The second kappa shape index (κ2) is 5.88. The van der Waals surface area contributed by atoms with Gasteiger partial charge in [0.15, 0.2) is 0 Å². The van der Waals surface area contributed by atoms with Crippen LogP contribution in [-0.2, 0) is 9.53 Å². The molecule has 2 saturated carbocycles. The second-order valence-corrected chi connectivity index (χ2v) is 6.78. The van der Waals surface area contributed by atoms with Gasteiger partial charge in [-0.2, -0.15) is 0 Å². The number of ether oxygens (including phenoxy) is 1. The fraction of sp³-hybridized carbons (Fsp3) is 0.647. The molecule has 5 heteroatoms. The zero-order valence-electron chi connectivity index (χ0n) is 12.8. The first-order valence-electron chi connectivity index (χ1n) is 8.39. The molecule has 3 fully saturated rings. The number of hydrogen-bond donors (Lipinski definition) is 1. The number of fused-ring (bicyclic) bond motifs is 2. The van der Waals surface area contributed by atoms with Crippen molar-refractivity contribution < 1.29 is 9.53 Å². The number of carbonyl (C=O) groups excluding carboxylic acids is 1. The normalized spacial score (nSPS) is 30.5. The molecule has 5 nitrogen and oxygen atoms in total. The van der Waals surface area contributed by atoms with Gasteiger partial charge in [0.1, 0.15) is 5.82 Å². The maximum absolute atomic E-state index is 12.4. The molecule has 1 N–H and O–H groups in total. The Balaban J connectivity index is 1.37. The van der Waals surface area contributed by atoms with Crippen LogP contribution in [0.15, 0.2) is 18.3 Å². The Morgan fingerprint density at radius 1 is 1.23 bits per heavy atom. The van der Waals surface area contributed by atoms with Gasteiger partial charge in [0.05, 0.1) is 25.1 Å². The minimum absolute atomic E-state index is 0.188. The number of hydrogen-bond acceptors (Lipinski definition) is 4. The van der Waals surface area contributed by atoms with Crippen LogP contribution in [0.5, 0.6) is 0 Å². The van der Waals surface area contributed by atoms with Crippen molar-refractivity contribution in [3.63, 3.8) is 0 Å². The summed E-state index contributed by atoms with van der Waals surface area (Å²) in [6.07, 6.45) is 6.67. The first-order chi connectivity index (χ1) is 10.8. The van der Waals surface area contributed by atoms with Crippen molar-refractivity contribution in [2.45, 2.75) is 25.7 Å². The summed E-state index contributed by atoms with van der Waals surface area (Å²) < 4.78 is 5.35. The molecule has 1 saturated heterocycles. The highest BCUT2D eigenvalue weighted by molar-refractivity contribution is 5.93. The maximum Gasteiger partial charge on any atom is 0.227 e. The monoisotopic (exact) mass is 301 g/mol. The predicted octanol–water partition coefficient (Wildman–Crippen LogP) is 2.29. The number of anilines is 2. The Bertz CT molecular complexity index is 539. The first kappa shape index (κ1) is 14.0. The molecule has 0 unspecified atom stereocenters. The lowest BCUT2D eigenvalue weighted by Crippen LogP contribution is -2.36. The highest BCUT2D eigenvalue weighted by Crippen LogP contribution is 2.48. The average Bonchev–Trinajstić information content (AvgIpc) is 3.19. The van der Waals surface area contributed by atoms with Crippen molar-refractivity contribution in [3.8, 4) is 0 Å². The summed E-state index contributed by atoms with van der Waals surface area (Å²) >= 11 is 0. The summed E-state index contributed by atoms with van der Waals surface area (Å²) in [5.41, 5.74) is 0.810. The Morgan fingerprint density at radius 3 is 2.73 bits per heavy atom. The van der Waals surface area contributed by atoms with Crippen molar-refractivity contribution in [2.75, 3.05) is 36.5 Å². The summed E-state index contributed by atoms with van der Waals surface area (Å²) in [5.74, 6) is 2.78. The van der Waals surface area contributed by atoms with Gasteiger partial charge in [0.25, 0.3) is 0 Å². The van der Waals surface area contributed by atoms with E-state index in [1.807, 2.05) is 12.1 Å². The molecule has 2 aliphatic carbocycles. The summed E-state index contributed by atoms with van der Waals surface area (Å²) in [6.45, 7) is 3.27. The van der Waals surface area contributed by atoms with E-state index >= 15 is 0 Å². The van der Waals surface area contributed by atoms with Crippen LogP contribution >= 0.6 is 0 Å². The molecule has 1 amide bonds. The highest BCUT2D eigenvalue weighted by atomic mass is 16.5. The number of nitrogens with one attached hydrogen (secondary N) is 1. The van der Waals surface area contributed by atoms with Gasteiger partial charge < -0.3 is 15.0 Å². The lowest BCUT2D eigenvalue weighted by atomic mass is 9.88. The average molecular weight is 301 g/mol. The standard InChI is InChI=1S/C17H23N3O2/c21-17(15-10-12-1-2-13(15)9-12)19-14-3-4-16(18-11-14)20-5-7-22-8-6-20/h3-4,11-13,15H,1-2,5-10H2,(H,19,21)/t12-,13-,15-/m0/s1. The van der Waals surface area contributed by atoms with E-state index in [2.05, 4.69) is 15.2 Å². The number of morpholine rings is 1. The highest BCUT2D eigenvalue weighted by Gasteiger charge is 2.43. The largest absolute Gasteiger partial charge is 0.378 e. The van der Waals surface area contributed by atoms with Gasteiger partial charge >= 0.3 is 0 Å². The lowest BCUT2D eigenvalue weighted by Gasteiger charge is -2.27. The Kier molecular flexibility index (Phi) is 3.74. The molecule has 1 aromatic rings. The molecule has 4 rings (SSSR count). The van der Waals surface area contributed by atoms with E-state index in [0.29, 0.717) is 5.92 Å². The molecule has 0 aromatic carbocycles. The zero-order valence-corrected chi connectivity index (χ0v) is 12.8. The van der Waals surface area contributed by atoms with Crippen molar-refractivity contribution in [1.82, 2.24) is 4.98 Å². The van der Waals surface area contributed by atoms with E-state index in [1.54, 1.807) is 6.20 Å². The van der Waals surface area contributed by atoms with Gasteiger partial charge in [-0.25, -0.2) is 4.98 Å². The molecule has 2 heterocycles. The molecule has 0 radical (unpaired) electrons. The van der Waals surface area contributed by atoms with Crippen LogP contribution in [0.3, 0.4) is 0 Å². The van der Waals surface area contributed by atoms with Gasteiger partial charge in [-0.15, -0.1) is 0 Å².